The van der Waals surface area contributed by atoms with Crippen LogP contribution in [0.3, 0.4) is 0 Å². The fraction of sp³-hybridized carbons (Fsp3) is 0.538. The monoisotopic (exact) mass is 335 g/mol. The number of alkyl halides is 1. The van der Waals surface area contributed by atoms with Crippen LogP contribution in [0.5, 0.6) is 11.5 Å². The number of methoxy groups -OCH3 is 1. The normalized spacial score (nSPS) is 20.3. The first-order valence-electron chi connectivity index (χ1n) is 6.33. The number of nitrogens with one attached hydrogen (secondary N) is 1. The molecule has 118 valence electrons. The van der Waals surface area contributed by atoms with Crippen LogP contribution >= 0.6 is 11.6 Å². The standard InChI is InChI=1S/C13H18ClNO5S/c1-13(2)12(16)5-8-4-11(19-3)9(6-10(8)20-13)15-21(17,18)7-14/h4,6,12,15-16H,5,7H2,1-3H3/t12-/m1/s1. The second-order valence-corrected chi connectivity index (χ2v) is 7.72. The van der Waals surface area contributed by atoms with Gasteiger partial charge in [0, 0.05) is 18.1 Å². The summed E-state index contributed by atoms with van der Waals surface area (Å²) >= 11 is 5.39. The smallest absolute Gasteiger partial charge is 0.246 e. The van der Waals surface area contributed by atoms with Gasteiger partial charge in [0.05, 0.1) is 18.9 Å². The minimum absolute atomic E-state index is 0.254. The zero-order chi connectivity index (χ0) is 15.8. The Kier molecular flexibility index (Phi) is 4.28. The zero-order valence-corrected chi connectivity index (χ0v) is 13.6. The number of halogens is 1. The van der Waals surface area contributed by atoms with E-state index >= 15 is 0 Å². The number of aliphatic hydroxyl groups is 1. The SMILES string of the molecule is COc1cc2c(cc1NS(=O)(=O)CCl)OC(C)(C)[C@H](O)C2. The number of anilines is 1. The van der Waals surface area contributed by atoms with Crippen molar-refractivity contribution in [3.8, 4) is 11.5 Å². The second-order valence-electron chi connectivity index (χ2n) is 5.41. The number of ether oxygens (including phenoxy) is 2. The number of sulfonamides is 1. The Balaban J connectivity index is 2.45. The van der Waals surface area contributed by atoms with E-state index in [-0.39, 0.29) is 5.69 Å². The molecule has 1 aromatic carbocycles. The predicted molar refractivity (Wildman–Crippen MR) is 80.7 cm³/mol. The summed E-state index contributed by atoms with van der Waals surface area (Å²) in [5, 5.41) is 9.49. The van der Waals surface area contributed by atoms with Crippen molar-refractivity contribution in [3.63, 3.8) is 0 Å². The summed E-state index contributed by atoms with van der Waals surface area (Å²) in [6.07, 6.45) is -0.249. The van der Waals surface area contributed by atoms with Gasteiger partial charge < -0.3 is 14.6 Å². The molecule has 8 heteroatoms. The van der Waals surface area contributed by atoms with Gasteiger partial charge in [0.2, 0.25) is 10.0 Å². The molecule has 1 aromatic rings. The highest BCUT2D eigenvalue weighted by Gasteiger charge is 2.36. The molecule has 0 aliphatic carbocycles. The fourth-order valence-corrected chi connectivity index (χ4v) is 2.82. The Hall–Kier alpha value is -1.18. The van der Waals surface area contributed by atoms with E-state index < -0.39 is 26.9 Å². The molecule has 0 bridgehead atoms. The molecule has 0 radical (unpaired) electrons. The van der Waals surface area contributed by atoms with Crippen molar-refractivity contribution in [1.82, 2.24) is 0 Å². The summed E-state index contributed by atoms with van der Waals surface area (Å²) in [4.78, 5) is 0. The molecule has 0 fully saturated rings. The van der Waals surface area contributed by atoms with Crippen LogP contribution in [0, 0.1) is 0 Å². The Morgan fingerprint density at radius 3 is 2.76 bits per heavy atom. The van der Waals surface area contributed by atoms with Crippen molar-refractivity contribution in [3.05, 3.63) is 17.7 Å². The molecule has 1 atom stereocenters. The van der Waals surface area contributed by atoms with Crippen LogP contribution in [-0.2, 0) is 16.4 Å². The van der Waals surface area contributed by atoms with Gasteiger partial charge in [-0.1, -0.05) is 0 Å². The molecule has 2 N–H and O–H groups in total. The molecular weight excluding hydrogens is 318 g/mol. The molecule has 6 nitrogen and oxygen atoms in total. The first-order valence-corrected chi connectivity index (χ1v) is 8.51. The van der Waals surface area contributed by atoms with E-state index in [1.54, 1.807) is 26.0 Å². The van der Waals surface area contributed by atoms with Gasteiger partial charge in [-0.25, -0.2) is 8.42 Å². The van der Waals surface area contributed by atoms with Crippen molar-refractivity contribution in [2.24, 2.45) is 0 Å². The Labute approximate surface area is 129 Å². The molecule has 0 saturated carbocycles. The predicted octanol–water partition coefficient (Wildman–Crippen LogP) is 1.71. The van der Waals surface area contributed by atoms with Crippen LogP contribution in [0.4, 0.5) is 5.69 Å². The maximum atomic E-state index is 11.6. The number of aliphatic hydroxyl groups excluding tert-OH is 1. The molecule has 21 heavy (non-hydrogen) atoms. The lowest BCUT2D eigenvalue weighted by atomic mass is 9.91. The minimum atomic E-state index is -3.64. The van der Waals surface area contributed by atoms with Gasteiger partial charge in [-0.2, -0.15) is 0 Å². The topological polar surface area (TPSA) is 84.9 Å². The van der Waals surface area contributed by atoms with E-state index in [0.717, 1.165) is 5.56 Å². The van der Waals surface area contributed by atoms with Gasteiger partial charge in [0.15, 0.2) is 0 Å². The van der Waals surface area contributed by atoms with Gasteiger partial charge in [0.1, 0.15) is 22.3 Å². The van der Waals surface area contributed by atoms with E-state index in [1.807, 2.05) is 0 Å². The summed E-state index contributed by atoms with van der Waals surface area (Å²) in [6, 6.07) is 3.20. The summed E-state index contributed by atoms with van der Waals surface area (Å²) in [5.74, 6) is 0.858. The molecule has 0 spiro atoms. The Bertz CT molecular complexity index is 644. The van der Waals surface area contributed by atoms with Crippen molar-refractivity contribution < 1.29 is 23.0 Å². The number of benzene rings is 1. The lowest BCUT2D eigenvalue weighted by Gasteiger charge is -2.37. The van der Waals surface area contributed by atoms with Crippen molar-refractivity contribution in [2.45, 2.75) is 32.0 Å². The average molecular weight is 336 g/mol. The van der Waals surface area contributed by atoms with Gasteiger partial charge >= 0.3 is 0 Å². The summed E-state index contributed by atoms with van der Waals surface area (Å²) < 4.78 is 36.5. The van der Waals surface area contributed by atoms with E-state index in [2.05, 4.69) is 4.72 Å². The molecule has 0 aromatic heterocycles. The molecule has 1 heterocycles. The van der Waals surface area contributed by atoms with Crippen LogP contribution in [-0.4, -0.2) is 37.6 Å². The molecule has 0 saturated heterocycles. The quantitative estimate of drug-likeness (QED) is 0.818. The van der Waals surface area contributed by atoms with E-state index in [1.165, 1.54) is 7.11 Å². The fourth-order valence-electron chi connectivity index (χ4n) is 2.11. The van der Waals surface area contributed by atoms with Crippen molar-refractivity contribution >= 4 is 27.3 Å². The highest BCUT2D eigenvalue weighted by atomic mass is 35.5. The highest BCUT2D eigenvalue weighted by molar-refractivity contribution is 7.93. The molecule has 1 aliphatic rings. The Morgan fingerprint density at radius 1 is 1.52 bits per heavy atom. The number of hydrogen-bond acceptors (Lipinski definition) is 5. The third-order valence-corrected chi connectivity index (χ3v) is 5.06. The van der Waals surface area contributed by atoms with Crippen LogP contribution in [0.2, 0.25) is 0 Å². The third kappa shape index (κ3) is 3.36. The van der Waals surface area contributed by atoms with Gasteiger partial charge in [0.25, 0.3) is 0 Å². The van der Waals surface area contributed by atoms with Gasteiger partial charge in [-0.3, -0.25) is 4.72 Å². The van der Waals surface area contributed by atoms with Gasteiger partial charge in [-0.15, -0.1) is 11.6 Å². The van der Waals surface area contributed by atoms with Crippen LogP contribution in [0.25, 0.3) is 0 Å². The third-order valence-electron chi connectivity index (χ3n) is 3.38. The second kappa shape index (κ2) is 5.55. The largest absolute Gasteiger partial charge is 0.495 e. The van der Waals surface area contributed by atoms with Crippen molar-refractivity contribution in [1.29, 1.82) is 0 Å². The zero-order valence-electron chi connectivity index (χ0n) is 12.0. The van der Waals surface area contributed by atoms with E-state index in [9.17, 15) is 13.5 Å². The maximum Gasteiger partial charge on any atom is 0.246 e. The lowest BCUT2D eigenvalue weighted by molar-refractivity contribution is -0.0411. The van der Waals surface area contributed by atoms with E-state index in [4.69, 9.17) is 21.1 Å². The molecule has 0 amide bonds. The maximum absolute atomic E-state index is 11.6. The summed E-state index contributed by atoms with van der Waals surface area (Å²) in [5.41, 5.74) is 0.265. The first kappa shape index (κ1) is 16.2. The lowest BCUT2D eigenvalue weighted by Crippen LogP contribution is -2.46. The summed E-state index contributed by atoms with van der Waals surface area (Å²) in [7, 11) is -2.21. The minimum Gasteiger partial charge on any atom is -0.495 e. The van der Waals surface area contributed by atoms with Crippen LogP contribution < -0.4 is 14.2 Å². The molecule has 2 rings (SSSR count). The number of hydrogen-bond donors (Lipinski definition) is 2. The molecular formula is C13H18ClNO5S. The van der Waals surface area contributed by atoms with Crippen LogP contribution in [0.15, 0.2) is 12.1 Å². The van der Waals surface area contributed by atoms with Gasteiger partial charge in [-0.05, 0) is 19.9 Å². The Morgan fingerprint density at radius 2 is 2.19 bits per heavy atom. The van der Waals surface area contributed by atoms with E-state index in [0.29, 0.717) is 17.9 Å². The van der Waals surface area contributed by atoms with Crippen molar-refractivity contribution in [2.75, 3.05) is 17.0 Å². The summed E-state index contributed by atoms with van der Waals surface area (Å²) in [6.45, 7) is 3.54. The highest BCUT2D eigenvalue weighted by Crippen LogP contribution is 2.40. The first-order chi connectivity index (χ1) is 9.68. The number of rotatable bonds is 4. The average Bonchev–Trinajstić information content (AvgIpc) is 2.39. The molecule has 1 aliphatic heterocycles. The number of fused-ring (bicyclic) bond motifs is 1. The molecule has 0 unspecified atom stereocenters. The van der Waals surface area contributed by atoms with Crippen LogP contribution in [0.1, 0.15) is 19.4 Å².